The van der Waals surface area contributed by atoms with E-state index in [1.165, 1.54) is 0 Å². The minimum atomic E-state index is -2.93. The van der Waals surface area contributed by atoms with Crippen molar-refractivity contribution in [2.45, 2.75) is 32.2 Å². The van der Waals surface area contributed by atoms with Crippen LogP contribution in [0.1, 0.15) is 26.7 Å². The minimum Gasteiger partial charge on any atom is -0.478 e. The summed E-state index contributed by atoms with van der Waals surface area (Å²) < 4.78 is 22.7. The van der Waals surface area contributed by atoms with Gasteiger partial charge in [-0.2, -0.15) is 0 Å². The number of carboxylic acid groups (broad SMARTS) is 1. The molecule has 0 saturated carbocycles. The maximum absolute atomic E-state index is 11.4. The summed E-state index contributed by atoms with van der Waals surface area (Å²) >= 11 is 0. The van der Waals surface area contributed by atoms with Crippen LogP contribution >= 0.6 is 0 Å². The van der Waals surface area contributed by atoms with E-state index in [-0.39, 0.29) is 11.5 Å². The summed E-state index contributed by atoms with van der Waals surface area (Å²) in [5.74, 6) is -0.583. The van der Waals surface area contributed by atoms with Crippen molar-refractivity contribution in [1.29, 1.82) is 0 Å². The molecule has 0 aromatic carbocycles. The molecule has 1 saturated heterocycles. The van der Waals surface area contributed by atoms with E-state index in [2.05, 4.69) is 5.32 Å². The van der Waals surface area contributed by atoms with Crippen molar-refractivity contribution in [3.8, 4) is 0 Å². The lowest BCUT2D eigenvalue weighted by Crippen LogP contribution is -2.43. The lowest BCUT2D eigenvalue weighted by molar-refractivity contribution is -0.132. The molecule has 5 nitrogen and oxygen atoms in total. The largest absolute Gasteiger partial charge is 0.478 e. The van der Waals surface area contributed by atoms with E-state index >= 15 is 0 Å². The Labute approximate surface area is 102 Å². The SMILES string of the molecule is CCC(=CCNC1(C)CCS(=O)(=O)C1)C(=O)O. The number of aliphatic carboxylic acids is 1. The van der Waals surface area contributed by atoms with Gasteiger partial charge in [0.2, 0.25) is 0 Å². The van der Waals surface area contributed by atoms with Gasteiger partial charge in [0.25, 0.3) is 0 Å². The summed E-state index contributed by atoms with van der Waals surface area (Å²) in [6.45, 7) is 4.03. The number of hydrogen-bond acceptors (Lipinski definition) is 4. The van der Waals surface area contributed by atoms with E-state index < -0.39 is 21.3 Å². The summed E-state index contributed by atoms with van der Waals surface area (Å²) in [6.07, 6.45) is 2.66. The molecule has 0 spiro atoms. The third-order valence-corrected chi connectivity index (χ3v) is 4.94. The van der Waals surface area contributed by atoms with Gasteiger partial charge in [-0.3, -0.25) is 0 Å². The first-order valence-corrected chi connectivity index (χ1v) is 7.48. The fourth-order valence-electron chi connectivity index (χ4n) is 1.95. The third-order valence-electron chi connectivity index (χ3n) is 3.04. The van der Waals surface area contributed by atoms with Crippen LogP contribution in [-0.2, 0) is 14.6 Å². The highest BCUT2D eigenvalue weighted by Crippen LogP contribution is 2.22. The molecule has 1 fully saturated rings. The molecule has 2 N–H and O–H groups in total. The zero-order valence-electron chi connectivity index (χ0n) is 10.2. The molecular formula is C11H19NO4S. The predicted molar refractivity (Wildman–Crippen MR) is 65.7 cm³/mol. The standard InChI is InChI=1S/C11H19NO4S/c1-3-9(10(13)14)4-6-12-11(2)5-7-17(15,16)8-11/h4,12H,3,5-8H2,1-2H3,(H,13,14). The molecular weight excluding hydrogens is 242 g/mol. The van der Waals surface area contributed by atoms with Gasteiger partial charge < -0.3 is 10.4 Å². The number of carbonyl (C=O) groups is 1. The maximum Gasteiger partial charge on any atom is 0.331 e. The Hall–Kier alpha value is -0.880. The molecule has 1 unspecified atom stereocenters. The second-order valence-electron chi connectivity index (χ2n) is 4.67. The summed E-state index contributed by atoms with van der Waals surface area (Å²) in [7, 11) is -2.93. The molecule has 0 aliphatic carbocycles. The molecule has 0 aromatic rings. The minimum absolute atomic E-state index is 0.127. The van der Waals surface area contributed by atoms with Crippen molar-refractivity contribution >= 4 is 15.8 Å². The molecule has 17 heavy (non-hydrogen) atoms. The Kier molecular flexibility index (Phi) is 4.32. The highest BCUT2D eigenvalue weighted by atomic mass is 32.2. The Morgan fingerprint density at radius 3 is 2.59 bits per heavy atom. The third kappa shape index (κ3) is 4.12. The van der Waals surface area contributed by atoms with Crippen molar-refractivity contribution in [3.63, 3.8) is 0 Å². The van der Waals surface area contributed by atoms with Gasteiger partial charge in [0, 0.05) is 17.7 Å². The van der Waals surface area contributed by atoms with Gasteiger partial charge >= 0.3 is 5.97 Å². The van der Waals surface area contributed by atoms with Crippen LogP contribution in [-0.4, -0.2) is 43.1 Å². The van der Waals surface area contributed by atoms with E-state index in [1.54, 1.807) is 13.0 Å². The van der Waals surface area contributed by atoms with Gasteiger partial charge in [0.15, 0.2) is 9.84 Å². The molecule has 1 atom stereocenters. The van der Waals surface area contributed by atoms with Crippen LogP contribution in [0.25, 0.3) is 0 Å². The lowest BCUT2D eigenvalue weighted by atomic mass is 10.0. The smallest absolute Gasteiger partial charge is 0.331 e. The van der Waals surface area contributed by atoms with Crippen LogP contribution in [0.5, 0.6) is 0 Å². The number of nitrogens with one attached hydrogen (secondary N) is 1. The summed E-state index contributed by atoms with van der Waals surface area (Å²) in [6, 6.07) is 0. The average molecular weight is 261 g/mol. The molecule has 1 heterocycles. The fraction of sp³-hybridized carbons (Fsp3) is 0.727. The normalized spacial score (nSPS) is 28.2. The van der Waals surface area contributed by atoms with Crippen LogP contribution in [0.4, 0.5) is 0 Å². The summed E-state index contributed by atoms with van der Waals surface area (Å²) in [5.41, 5.74) is -0.0749. The van der Waals surface area contributed by atoms with E-state index in [9.17, 15) is 13.2 Å². The molecule has 1 aliphatic rings. The molecule has 6 heteroatoms. The zero-order chi connectivity index (χ0) is 13.1. The molecule has 1 rings (SSSR count). The van der Waals surface area contributed by atoms with Crippen molar-refractivity contribution in [2.24, 2.45) is 0 Å². The molecule has 0 aromatic heterocycles. The monoisotopic (exact) mass is 261 g/mol. The quantitative estimate of drug-likeness (QED) is 0.707. The van der Waals surface area contributed by atoms with Gasteiger partial charge in [-0.15, -0.1) is 0 Å². The van der Waals surface area contributed by atoms with Crippen molar-refractivity contribution in [2.75, 3.05) is 18.1 Å². The first-order chi connectivity index (χ1) is 7.78. The number of sulfone groups is 1. The van der Waals surface area contributed by atoms with Crippen molar-refractivity contribution < 1.29 is 18.3 Å². The molecule has 0 bridgehead atoms. The Balaban J connectivity index is 2.55. The Morgan fingerprint density at radius 2 is 2.18 bits per heavy atom. The van der Waals surface area contributed by atoms with Crippen LogP contribution in [0.15, 0.2) is 11.6 Å². The van der Waals surface area contributed by atoms with E-state index in [1.807, 2.05) is 6.92 Å². The van der Waals surface area contributed by atoms with Gasteiger partial charge in [-0.1, -0.05) is 13.0 Å². The van der Waals surface area contributed by atoms with Crippen molar-refractivity contribution in [1.82, 2.24) is 5.32 Å². The summed E-state index contributed by atoms with van der Waals surface area (Å²) in [5, 5.41) is 11.9. The number of carboxylic acids is 1. The predicted octanol–water partition coefficient (Wildman–Crippen LogP) is 0.574. The second-order valence-corrected chi connectivity index (χ2v) is 6.86. The van der Waals surface area contributed by atoms with E-state index in [4.69, 9.17) is 5.11 Å². The summed E-state index contributed by atoms with van der Waals surface area (Å²) in [4.78, 5) is 10.7. The Morgan fingerprint density at radius 1 is 1.53 bits per heavy atom. The Bertz CT molecular complexity index is 427. The lowest BCUT2D eigenvalue weighted by Gasteiger charge is -2.23. The highest BCUT2D eigenvalue weighted by Gasteiger charge is 2.37. The van der Waals surface area contributed by atoms with Gasteiger partial charge in [0.05, 0.1) is 11.5 Å². The van der Waals surface area contributed by atoms with Crippen LogP contribution in [0.2, 0.25) is 0 Å². The topological polar surface area (TPSA) is 83.5 Å². The second kappa shape index (κ2) is 5.18. The van der Waals surface area contributed by atoms with Gasteiger partial charge in [0.1, 0.15) is 0 Å². The first-order valence-electron chi connectivity index (χ1n) is 5.66. The van der Waals surface area contributed by atoms with E-state index in [0.717, 1.165) is 0 Å². The number of rotatable bonds is 5. The zero-order valence-corrected chi connectivity index (χ0v) is 11.0. The average Bonchev–Trinajstić information content (AvgIpc) is 2.48. The molecule has 98 valence electrons. The molecule has 1 aliphatic heterocycles. The highest BCUT2D eigenvalue weighted by molar-refractivity contribution is 7.91. The number of hydrogen-bond donors (Lipinski definition) is 2. The fourth-order valence-corrected chi connectivity index (χ4v) is 4.08. The van der Waals surface area contributed by atoms with Crippen LogP contribution < -0.4 is 5.32 Å². The molecule has 0 radical (unpaired) electrons. The van der Waals surface area contributed by atoms with E-state index in [0.29, 0.717) is 25.0 Å². The van der Waals surface area contributed by atoms with Gasteiger partial charge in [-0.05, 0) is 19.8 Å². The van der Waals surface area contributed by atoms with Gasteiger partial charge in [-0.25, -0.2) is 13.2 Å². The first kappa shape index (κ1) is 14.2. The van der Waals surface area contributed by atoms with Crippen molar-refractivity contribution in [3.05, 3.63) is 11.6 Å². The van der Waals surface area contributed by atoms with Crippen LogP contribution in [0.3, 0.4) is 0 Å². The van der Waals surface area contributed by atoms with Crippen LogP contribution in [0, 0.1) is 0 Å². The maximum atomic E-state index is 11.4. The molecule has 0 amide bonds.